The quantitative estimate of drug-likeness (QED) is 0.868. The Kier molecular flexibility index (Phi) is 4.98. The Bertz CT molecular complexity index is 455. The number of urea groups is 1. The van der Waals surface area contributed by atoms with Crippen molar-refractivity contribution < 1.29 is 14.7 Å². The highest BCUT2D eigenvalue weighted by Gasteiger charge is 2.21. The normalized spacial score (nSPS) is 15.0. The van der Waals surface area contributed by atoms with Gasteiger partial charge in [-0.05, 0) is 30.9 Å². The fraction of sp³-hybridized carbons (Fsp3) is 0.467. The summed E-state index contributed by atoms with van der Waals surface area (Å²) in [6, 6.07) is 8.53. The molecule has 1 saturated carbocycles. The zero-order chi connectivity index (χ0) is 14.4. The lowest BCUT2D eigenvalue weighted by atomic mass is 10.1. The number of carbonyl (C=O) groups is 2. The summed E-state index contributed by atoms with van der Waals surface area (Å²) in [6.45, 7) is 0.294. The fourth-order valence-electron chi connectivity index (χ4n) is 2.57. The Hall–Kier alpha value is -2.04. The number of carboxylic acid groups (broad SMARTS) is 1. The number of para-hydroxylation sites is 1. The highest BCUT2D eigenvalue weighted by atomic mass is 16.4. The molecule has 1 fully saturated rings. The summed E-state index contributed by atoms with van der Waals surface area (Å²) in [4.78, 5) is 24.4. The summed E-state index contributed by atoms with van der Waals surface area (Å²) < 4.78 is 0. The summed E-state index contributed by atoms with van der Waals surface area (Å²) >= 11 is 0. The zero-order valence-electron chi connectivity index (χ0n) is 11.4. The monoisotopic (exact) mass is 276 g/mol. The minimum atomic E-state index is -1.02. The van der Waals surface area contributed by atoms with Crippen LogP contribution in [0.5, 0.6) is 0 Å². The van der Waals surface area contributed by atoms with Gasteiger partial charge < -0.3 is 10.4 Å². The van der Waals surface area contributed by atoms with Crippen molar-refractivity contribution in [2.24, 2.45) is 5.92 Å². The SMILES string of the molecule is O=C(O)CN(C(=O)NCC1CCCC1)c1ccccc1. The second-order valence-electron chi connectivity index (χ2n) is 5.15. The first-order valence-electron chi connectivity index (χ1n) is 6.99. The number of anilines is 1. The molecular weight excluding hydrogens is 256 g/mol. The highest BCUT2D eigenvalue weighted by Crippen LogP contribution is 2.23. The minimum Gasteiger partial charge on any atom is -0.480 e. The molecular formula is C15H20N2O3. The van der Waals surface area contributed by atoms with Gasteiger partial charge in [0.25, 0.3) is 0 Å². The van der Waals surface area contributed by atoms with Gasteiger partial charge in [-0.25, -0.2) is 4.79 Å². The molecule has 2 amide bonds. The van der Waals surface area contributed by atoms with E-state index in [1.165, 1.54) is 17.7 Å². The van der Waals surface area contributed by atoms with E-state index in [1.807, 2.05) is 6.07 Å². The van der Waals surface area contributed by atoms with E-state index in [-0.39, 0.29) is 12.6 Å². The smallest absolute Gasteiger partial charge is 0.323 e. The Morgan fingerprint density at radius 1 is 1.20 bits per heavy atom. The first-order chi connectivity index (χ1) is 9.66. The Morgan fingerprint density at radius 3 is 2.45 bits per heavy atom. The standard InChI is InChI=1S/C15H20N2O3/c18-14(19)11-17(13-8-2-1-3-9-13)15(20)16-10-12-6-4-5-7-12/h1-3,8-9,12H,4-7,10-11H2,(H,16,20)(H,18,19). The van der Waals surface area contributed by atoms with Gasteiger partial charge in [-0.1, -0.05) is 31.0 Å². The Labute approximate surface area is 118 Å². The van der Waals surface area contributed by atoms with Crippen molar-refractivity contribution in [3.8, 4) is 0 Å². The Balaban J connectivity index is 1.98. The third-order valence-corrected chi connectivity index (χ3v) is 3.62. The number of hydrogen-bond donors (Lipinski definition) is 2. The van der Waals surface area contributed by atoms with Gasteiger partial charge in [0.15, 0.2) is 0 Å². The first-order valence-corrected chi connectivity index (χ1v) is 6.99. The van der Waals surface area contributed by atoms with Crippen LogP contribution >= 0.6 is 0 Å². The van der Waals surface area contributed by atoms with Crippen molar-refractivity contribution in [3.63, 3.8) is 0 Å². The van der Waals surface area contributed by atoms with E-state index >= 15 is 0 Å². The van der Waals surface area contributed by atoms with Gasteiger partial charge in [0.1, 0.15) is 6.54 Å². The van der Waals surface area contributed by atoms with Gasteiger partial charge in [-0.2, -0.15) is 0 Å². The van der Waals surface area contributed by atoms with E-state index in [0.29, 0.717) is 18.2 Å². The number of benzene rings is 1. The van der Waals surface area contributed by atoms with Crippen LogP contribution in [0.1, 0.15) is 25.7 Å². The van der Waals surface area contributed by atoms with Crippen LogP contribution in [-0.4, -0.2) is 30.2 Å². The average molecular weight is 276 g/mol. The minimum absolute atomic E-state index is 0.333. The van der Waals surface area contributed by atoms with Crippen LogP contribution in [0.2, 0.25) is 0 Å². The van der Waals surface area contributed by atoms with E-state index < -0.39 is 5.97 Å². The van der Waals surface area contributed by atoms with E-state index in [4.69, 9.17) is 5.11 Å². The van der Waals surface area contributed by atoms with Gasteiger partial charge in [0, 0.05) is 12.2 Å². The van der Waals surface area contributed by atoms with Crippen LogP contribution in [-0.2, 0) is 4.79 Å². The Morgan fingerprint density at radius 2 is 1.85 bits per heavy atom. The number of rotatable bonds is 5. The van der Waals surface area contributed by atoms with E-state index in [9.17, 15) is 9.59 Å². The maximum absolute atomic E-state index is 12.2. The molecule has 1 aliphatic carbocycles. The third kappa shape index (κ3) is 3.98. The van der Waals surface area contributed by atoms with Crippen molar-refractivity contribution >= 4 is 17.7 Å². The molecule has 0 aromatic heterocycles. The van der Waals surface area contributed by atoms with Crippen LogP contribution in [0, 0.1) is 5.92 Å². The molecule has 0 bridgehead atoms. The van der Waals surface area contributed by atoms with Crippen molar-refractivity contribution in [2.45, 2.75) is 25.7 Å². The average Bonchev–Trinajstić information content (AvgIpc) is 2.96. The van der Waals surface area contributed by atoms with E-state index in [1.54, 1.807) is 24.3 Å². The molecule has 0 spiro atoms. The van der Waals surface area contributed by atoms with Gasteiger partial charge >= 0.3 is 12.0 Å². The molecule has 0 heterocycles. The van der Waals surface area contributed by atoms with Gasteiger partial charge in [0.05, 0.1) is 0 Å². The molecule has 2 N–H and O–H groups in total. The predicted octanol–water partition coefficient (Wildman–Crippen LogP) is 2.48. The summed E-state index contributed by atoms with van der Waals surface area (Å²) in [5.41, 5.74) is 0.596. The number of hydrogen-bond acceptors (Lipinski definition) is 2. The van der Waals surface area contributed by atoms with Crippen molar-refractivity contribution in [1.29, 1.82) is 0 Å². The molecule has 1 aliphatic rings. The molecule has 5 heteroatoms. The van der Waals surface area contributed by atoms with Gasteiger partial charge in [-0.3, -0.25) is 9.69 Å². The van der Waals surface area contributed by atoms with Crippen molar-refractivity contribution in [3.05, 3.63) is 30.3 Å². The lowest BCUT2D eigenvalue weighted by Crippen LogP contribution is -2.44. The number of carboxylic acids is 1. The second kappa shape index (κ2) is 6.93. The lowest BCUT2D eigenvalue weighted by molar-refractivity contribution is -0.135. The zero-order valence-corrected chi connectivity index (χ0v) is 11.4. The molecule has 20 heavy (non-hydrogen) atoms. The maximum Gasteiger partial charge on any atom is 0.323 e. The number of carbonyl (C=O) groups excluding carboxylic acids is 1. The molecule has 2 rings (SSSR count). The number of nitrogens with one attached hydrogen (secondary N) is 1. The summed E-state index contributed by atoms with van der Waals surface area (Å²) in [6.07, 6.45) is 4.73. The van der Waals surface area contributed by atoms with Gasteiger partial charge in [0.2, 0.25) is 0 Å². The van der Waals surface area contributed by atoms with Crippen LogP contribution in [0.25, 0.3) is 0 Å². The molecule has 0 saturated heterocycles. The van der Waals surface area contributed by atoms with Crippen molar-refractivity contribution in [2.75, 3.05) is 18.0 Å². The predicted molar refractivity (Wildman–Crippen MR) is 76.8 cm³/mol. The maximum atomic E-state index is 12.2. The molecule has 0 aliphatic heterocycles. The summed E-state index contributed by atoms with van der Waals surface area (Å²) in [5, 5.41) is 11.8. The van der Waals surface area contributed by atoms with Crippen molar-refractivity contribution in [1.82, 2.24) is 5.32 Å². The van der Waals surface area contributed by atoms with Gasteiger partial charge in [-0.15, -0.1) is 0 Å². The molecule has 0 atom stereocenters. The first kappa shape index (κ1) is 14.4. The summed E-state index contributed by atoms with van der Waals surface area (Å²) in [5.74, 6) is -0.494. The van der Waals surface area contributed by atoms with Crippen LogP contribution < -0.4 is 10.2 Å². The fourth-order valence-corrected chi connectivity index (χ4v) is 2.57. The molecule has 0 unspecified atom stereocenters. The van der Waals surface area contributed by atoms with E-state index in [2.05, 4.69) is 5.32 Å². The van der Waals surface area contributed by atoms with Crippen LogP contribution in [0.15, 0.2) is 30.3 Å². The van der Waals surface area contributed by atoms with Crippen LogP contribution in [0.4, 0.5) is 10.5 Å². The van der Waals surface area contributed by atoms with Crippen LogP contribution in [0.3, 0.4) is 0 Å². The molecule has 5 nitrogen and oxygen atoms in total. The second-order valence-corrected chi connectivity index (χ2v) is 5.15. The molecule has 1 aromatic carbocycles. The lowest BCUT2D eigenvalue weighted by Gasteiger charge is -2.22. The molecule has 108 valence electrons. The number of amides is 2. The third-order valence-electron chi connectivity index (χ3n) is 3.62. The number of aliphatic carboxylic acids is 1. The largest absolute Gasteiger partial charge is 0.480 e. The highest BCUT2D eigenvalue weighted by molar-refractivity contribution is 5.96. The molecule has 1 aromatic rings. The summed E-state index contributed by atoms with van der Waals surface area (Å²) in [7, 11) is 0. The number of nitrogens with zero attached hydrogens (tertiary/aromatic N) is 1. The van der Waals surface area contributed by atoms with E-state index in [0.717, 1.165) is 12.8 Å². The molecule has 0 radical (unpaired) electrons. The topological polar surface area (TPSA) is 69.6 Å².